The monoisotopic (exact) mass is 157 g/mol. The Kier molecular flexibility index (Phi) is 2.86. The highest BCUT2D eigenvalue weighted by atomic mass is 32.1. The lowest BCUT2D eigenvalue weighted by Gasteiger charge is -2.04. The smallest absolute Gasteiger partial charge is 0.0810 e. The van der Waals surface area contributed by atoms with Gasteiger partial charge in [-0.25, -0.2) is 0 Å². The van der Waals surface area contributed by atoms with Crippen molar-refractivity contribution in [1.82, 2.24) is 0 Å². The number of hydrogen-bond acceptors (Lipinski definition) is 3. The molecule has 0 fully saturated rings. The maximum Gasteiger partial charge on any atom is 0.0810 e. The van der Waals surface area contributed by atoms with E-state index in [1.165, 1.54) is 0 Å². The standard InChI is InChI=1S/C7H11NOS/c8-3-1-7(9)6-2-4-10-5-6/h2,4-5,7,9H,1,3,8H2. The quantitative estimate of drug-likeness (QED) is 0.691. The Morgan fingerprint density at radius 1 is 1.70 bits per heavy atom. The first-order chi connectivity index (χ1) is 4.84. The normalized spacial score (nSPS) is 13.4. The fourth-order valence-electron chi connectivity index (χ4n) is 0.789. The Morgan fingerprint density at radius 3 is 3.00 bits per heavy atom. The van der Waals surface area contributed by atoms with Gasteiger partial charge in [0.05, 0.1) is 6.10 Å². The first-order valence-electron chi connectivity index (χ1n) is 3.25. The number of rotatable bonds is 3. The minimum Gasteiger partial charge on any atom is -0.388 e. The van der Waals surface area contributed by atoms with E-state index < -0.39 is 0 Å². The average molecular weight is 157 g/mol. The van der Waals surface area contributed by atoms with E-state index in [4.69, 9.17) is 5.73 Å². The van der Waals surface area contributed by atoms with Gasteiger partial charge in [-0.15, -0.1) is 0 Å². The Bertz CT molecular complexity index is 174. The largest absolute Gasteiger partial charge is 0.388 e. The summed E-state index contributed by atoms with van der Waals surface area (Å²) < 4.78 is 0. The summed E-state index contributed by atoms with van der Waals surface area (Å²) in [7, 11) is 0. The molecule has 0 aliphatic carbocycles. The van der Waals surface area contributed by atoms with E-state index in [-0.39, 0.29) is 6.10 Å². The molecule has 0 aliphatic heterocycles. The molecule has 56 valence electrons. The highest BCUT2D eigenvalue weighted by Crippen LogP contribution is 2.17. The Morgan fingerprint density at radius 2 is 2.50 bits per heavy atom. The van der Waals surface area contributed by atoms with E-state index in [2.05, 4.69) is 0 Å². The minimum atomic E-state index is -0.365. The number of hydrogen-bond donors (Lipinski definition) is 2. The summed E-state index contributed by atoms with van der Waals surface area (Å²) in [6.45, 7) is 0.539. The fourth-order valence-corrected chi connectivity index (χ4v) is 1.50. The van der Waals surface area contributed by atoms with Crippen molar-refractivity contribution in [3.8, 4) is 0 Å². The van der Waals surface area contributed by atoms with Crippen LogP contribution in [-0.4, -0.2) is 11.7 Å². The maximum absolute atomic E-state index is 9.34. The molecule has 0 radical (unpaired) electrons. The molecule has 0 saturated carbocycles. The van der Waals surface area contributed by atoms with Crippen molar-refractivity contribution in [3.05, 3.63) is 22.4 Å². The summed E-state index contributed by atoms with van der Waals surface area (Å²) in [4.78, 5) is 0. The van der Waals surface area contributed by atoms with E-state index in [9.17, 15) is 5.11 Å². The van der Waals surface area contributed by atoms with Crippen LogP contribution in [-0.2, 0) is 0 Å². The van der Waals surface area contributed by atoms with Gasteiger partial charge in [-0.05, 0) is 35.4 Å². The summed E-state index contributed by atoms with van der Waals surface area (Å²) in [5, 5.41) is 13.2. The molecule has 1 heterocycles. The molecule has 2 nitrogen and oxygen atoms in total. The highest BCUT2D eigenvalue weighted by molar-refractivity contribution is 7.07. The van der Waals surface area contributed by atoms with Gasteiger partial charge in [-0.1, -0.05) is 0 Å². The Hall–Kier alpha value is -0.380. The van der Waals surface area contributed by atoms with Crippen LogP contribution < -0.4 is 5.73 Å². The zero-order valence-corrected chi connectivity index (χ0v) is 6.47. The highest BCUT2D eigenvalue weighted by Gasteiger charge is 2.04. The summed E-state index contributed by atoms with van der Waals surface area (Å²) in [5.41, 5.74) is 6.26. The van der Waals surface area contributed by atoms with Crippen LogP contribution in [0.5, 0.6) is 0 Å². The molecule has 1 atom stereocenters. The van der Waals surface area contributed by atoms with Crippen LogP contribution in [0.15, 0.2) is 16.8 Å². The number of aliphatic hydroxyl groups excluding tert-OH is 1. The number of aliphatic hydroxyl groups is 1. The second-order valence-corrected chi connectivity index (χ2v) is 2.93. The molecule has 0 bridgehead atoms. The van der Waals surface area contributed by atoms with Gasteiger partial charge in [0.1, 0.15) is 0 Å². The van der Waals surface area contributed by atoms with Crippen molar-refractivity contribution in [2.24, 2.45) is 5.73 Å². The molecular formula is C7H11NOS. The Balaban J connectivity index is 2.50. The van der Waals surface area contributed by atoms with Crippen molar-refractivity contribution in [2.45, 2.75) is 12.5 Å². The molecule has 1 unspecified atom stereocenters. The zero-order valence-electron chi connectivity index (χ0n) is 5.66. The van der Waals surface area contributed by atoms with E-state index >= 15 is 0 Å². The third-order valence-corrected chi connectivity index (χ3v) is 2.07. The van der Waals surface area contributed by atoms with E-state index in [0.29, 0.717) is 13.0 Å². The van der Waals surface area contributed by atoms with Gasteiger partial charge in [-0.2, -0.15) is 11.3 Å². The molecule has 10 heavy (non-hydrogen) atoms. The van der Waals surface area contributed by atoms with Crippen LogP contribution >= 0.6 is 11.3 Å². The summed E-state index contributed by atoms with van der Waals surface area (Å²) in [5.74, 6) is 0. The fraction of sp³-hybridized carbons (Fsp3) is 0.429. The molecule has 1 aromatic rings. The van der Waals surface area contributed by atoms with Crippen molar-refractivity contribution < 1.29 is 5.11 Å². The SMILES string of the molecule is NCCC(O)c1ccsc1. The molecule has 0 spiro atoms. The van der Waals surface area contributed by atoms with Gasteiger partial charge in [-0.3, -0.25) is 0 Å². The summed E-state index contributed by atoms with van der Waals surface area (Å²) in [6.07, 6.45) is 0.285. The average Bonchev–Trinajstić information content (AvgIpc) is 2.38. The van der Waals surface area contributed by atoms with Gasteiger partial charge in [0.2, 0.25) is 0 Å². The lowest BCUT2D eigenvalue weighted by Crippen LogP contribution is -2.05. The molecule has 0 saturated heterocycles. The lowest BCUT2D eigenvalue weighted by atomic mass is 10.1. The predicted octanol–water partition coefficient (Wildman–Crippen LogP) is 1.13. The predicted molar refractivity (Wildman–Crippen MR) is 43.0 cm³/mol. The summed E-state index contributed by atoms with van der Waals surface area (Å²) in [6, 6.07) is 1.92. The van der Waals surface area contributed by atoms with Crippen LogP contribution in [0.3, 0.4) is 0 Å². The Labute approximate surface area is 64.3 Å². The maximum atomic E-state index is 9.34. The van der Waals surface area contributed by atoms with Crippen molar-refractivity contribution >= 4 is 11.3 Å². The van der Waals surface area contributed by atoms with E-state index in [1.807, 2.05) is 16.8 Å². The molecular weight excluding hydrogens is 146 g/mol. The van der Waals surface area contributed by atoms with Crippen molar-refractivity contribution in [2.75, 3.05) is 6.54 Å². The van der Waals surface area contributed by atoms with Crippen LogP contribution in [0.25, 0.3) is 0 Å². The van der Waals surface area contributed by atoms with Crippen molar-refractivity contribution in [3.63, 3.8) is 0 Å². The molecule has 0 amide bonds. The first kappa shape index (κ1) is 7.72. The second kappa shape index (κ2) is 3.71. The van der Waals surface area contributed by atoms with Gasteiger partial charge >= 0.3 is 0 Å². The molecule has 3 heteroatoms. The third kappa shape index (κ3) is 1.80. The van der Waals surface area contributed by atoms with Gasteiger partial charge < -0.3 is 10.8 Å². The molecule has 0 aliphatic rings. The van der Waals surface area contributed by atoms with Crippen LogP contribution in [0.1, 0.15) is 18.1 Å². The van der Waals surface area contributed by atoms with Gasteiger partial charge in [0, 0.05) is 0 Å². The van der Waals surface area contributed by atoms with E-state index in [1.54, 1.807) is 11.3 Å². The second-order valence-electron chi connectivity index (χ2n) is 2.15. The van der Waals surface area contributed by atoms with Crippen molar-refractivity contribution in [1.29, 1.82) is 0 Å². The minimum absolute atomic E-state index is 0.365. The van der Waals surface area contributed by atoms with Gasteiger partial charge in [0.25, 0.3) is 0 Å². The van der Waals surface area contributed by atoms with E-state index in [0.717, 1.165) is 5.56 Å². The van der Waals surface area contributed by atoms with Crippen LogP contribution in [0.2, 0.25) is 0 Å². The lowest BCUT2D eigenvalue weighted by molar-refractivity contribution is 0.171. The molecule has 0 aromatic carbocycles. The number of nitrogens with two attached hydrogens (primary N) is 1. The summed E-state index contributed by atoms with van der Waals surface area (Å²) >= 11 is 1.59. The zero-order chi connectivity index (χ0) is 7.40. The van der Waals surface area contributed by atoms with Crippen LogP contribution in [0.4, 0.5) is 0 Å². The molecule has 1 rings (SSSR count). The topological polar surface area (TPSA) is 46.2 Å². The molecule has 3 N–H and O–H groups in total. The van der Waals surface area contributed by atoms with Crippen LogP contribution in [0, 0.1) is 0 Å². The number of thiophene rings is 1. The molecule has 1 aromatic heterocycles. The van der Waals surface area contributed by atoms with Gasteiger partial charge in [0.15, 0.2) is 0 Å². The third-order valence-electron chi connectivity index (χ3n) is 1.37. The first-order valence-corrected chi connectivity index (χ1v) is 4.19.